The summed E-state index contributed by atoms with van der Waals surface area (Å²) in [5.41, 5.74) is 0.908. The standard InChI is InChI=1S/C17H17BrClN5O2.ClH/c1-24-13(18)7-21-15(24)17(26)22-8-2-3-9(12(19)4-8)16(25)23-14-10-5-20-6-11(10)14;/h2-4,7,10-11,14,20H,5-6H2,1H3,(H,22,26)(H,23,25);1H. The van der Waals surface area contributed by atoms with E-state index in [1.165, 1.54) is 0 Å². The SMILES string of the molecule is Cl.Cn1c(Br)cnc1C(=O)Nc1ccc(C(=O)NC2C3CNCC32)c(Cl)c1. The number of benzene rings is 1. The number of fused-ring (bicyclic) bond motifs is 1. The molecule has 0 bridgehead atoms. The van der Waals surface area contributed by atoms with E-state index >= 15 is 0 Å². The predicted molar refractivity (Wildman–Crippen MR) is 109 cm³/mol. The molecule has 3 N–H and O–H groups in total. The molecule has 1 saturated heterocycles. The second-order valence-electron chi connectivity index (χ2n) is 6.60. The maximum absolute atomic E-state index is 12.4. The zero-order valence-corrected chi connectivity index (χ0v) is 17.5. The minimum Gasteiger partial charge on any atom is -0.349 e. The van der Waals surface area contributed by atoms with Gasteiger partial charge >= 0.3 is 0 Å². The summed E-state index contributed by atoms with van der Waals surface area (Å²) in [6.07, 6.45) is 1.55. The Morgan fingerprint density at radius 1 is 1.30 bits per heavy atom. The maximum Gasteiger partial charge on any atom is 0.291 e. The third kappa shape index (κ3) is 3.85. The van der Waals surface area contributed by atoms with Crippen LogP contribution in [0.15, 0.2) is 29.0 Å². The molecule has 1 aromatic heterocycles. The molecule has 1 aromatic carbocycles. The van der Waals surface area contributed by atoms with Gasteiger partial charge in [0.05, 0.1) is 16.8 Å². The number of nitrogens with zero attached hydrogens (tertiary/aromatic N) is 2. The first-order valence-corrected chi connectivity index (χ1v) is 9.42. The molecule has 2 aliphatic rings. The van der Waals surface area contributed by atoms with Crippen LogP contribution in [0.4, 0.5) is 5.69 Å². The van der Waals surface area contributed by atoms with Crippen molar-refractivity contribution in [3.05, 3.63) is 45.4 Å². The number of piperidine rings is 1. The summed E-state index contributed by atoms with van der Waals surface area (Å²) in [4.78, 5) is 28.8. The smallest absolute Gasteiger partial charge is 0.291 e. The second kappa shape index (κ2) is 7.79. The van der Waals surface area contributed by atoms with Gasteiger partial charge in [-0.25, -0.2) is 4.98 Å². The Morgan fingerprint density at radius 2 is 2.00 bits per heavy atom. The molecule has 1 aliphatic heterocycles. The van der Waals surface area contributed by atoms with Crippen molar-refractivity contribution in [2.24, 2.45) is 18.9 Å². The van der Waals surface area contributed by atoms with E-state index in [-0.39, 0.29) is 36.1 Å². The minimum atomic E-state index is -0.357. The Kier molecular flexibility index (Phi) is 5.81. The van der Waals surface area contributed by atoms with Gasteiger partial charge in [-0.2, -0.15) is 0 Å². The highest BCUT2D eigenvalue weighted by molar-refractivity contribution is 9.10. The van der Waals surface area contributed by atoms with Gasteiger partial charge in [-0.15, -0.1) is 12.4 Å². The van der Waals surface area contributed by atoms with Crippen molar-refractivity contribution in [2.75, 3.05) is 18.4 Å². The Balaban J connectivity index is 0.00000210. The van der Waals surface area contributed by atoms with Crippen LogP contribution in [0.25, 0.3) is 0 Å². The fourth-order valence-corrected chi connectivity index (χ4v) is 3.96. The average molecular weight is 475 g/mol. The lowest BCUT2D eigenvalue weighted by atomic mass is 10.2. The molecule has 2 aromatic rings. The molecule has 1 aliphatic carbocycles. The molecule has 0 spiro atoms. The number of halogens is 3. The Bertz CT molecular complexity index is 893. The second-order valence-corrected chi connectivity index (χ2v) is 7.82. The third-order valence-corrected chi connectivity index (χ3v) is 6.05. The summed E-state index contributed by atoms with van der Waals surface area (Å²) < 4.78 is 2.33. The zero-order chi connectivity index (χ0) is 18.4. The first kappa shape index (κ1) is 20.1. The summed E-state index contributed by atoms with van der Waals surface area (Å²) >= 11 is 9.56. The van der Waals surface area contributed by atoms with Crippen molar-refractivity contribution < 1.29 is 9.59 Å². The Hall–Kier alpha value is -1.61. The van der Waals surface area contributed by atoms with E-state index in [9.17, 15) is 9.59 Å². The van der Waals surface area contributed by atoms with Gasteiger partial charge < -0.3 is 20.5 Å². The molecule has 7 nitrogen and oxygen atoms in total. The number of anilines is 1. The largest absolute Gasteiger partial charge is 0.349 e. The van der Waals surface area contributed by atoms with Gasteiger partial charge in [0.25, 0.3) is 11.8 Å². The van der Waals surface area contributed by atoms with Gasteiger partial charge in [-0.1, -0.05) is 11.6 Å². The van der Waals surface area contributed by atoms with Crippen LogP contribution in [0.3, 0.4) is 0 Å². The summed E-state index contributed by atoms with van der Waals surface area (Å²) in [5.74, 6) is 0.801. The monoisotopic (exact) mass is 473 g/mol. The Labute approximate surface area is 175 Å². The molecule has 27 heavy (non-hydrogen) atoms. The normalized spacial score (nSPS) is 22.6. The highest BCUT2D eigenvalue weighted by Gasteiger charge is 2.53. The molecule has 2 amide bonds. The highest BCUT2D eigenvalue weighted by atomic mass is 79.9. The van der Waals surface area contributed by atoms with E-state index in [4.69, 9.17) is 11.6 Å². The summed E-state index contributed by atoms with van der Waals surface area (Å²) in [5, 5.41) is 9.37. The number of hydrogen-bond donors (Lipinski definition) is 3. The van der Waals surface area contributed by atoms with E-state index in [1.54, 1.807) is 36.0 Å². The van der Waals surface area contributed by atoms with Crippen LogP contribution in [0.1, 0.15) is 21.0 Å². The molecule has 1 saturated carbocycles. The molecular weight excluding hydrogens is 457 g/mol. The van der Waals surface area contributed by atoms with E-state index in [1.807, 2.05) is 0 Å². The quantitative estimate of drug-likeness (QED) is 0.635. The number of aromatic nitrogens is 2. The van der Waals surface area contributed by atoms with Crippen molar-refractivity contribution in [1.29, 1.82) is 0 Å². The van der Waals surface area contributed by atoms with Crippen molar-refractivity contribution in [1.82, 2.24) is 20.2 Å². The number of imidazole rings is 1. The summed E-state index contributed by atoms with van der Waals surface area (Å²) in [7, 11) is 1.73. The van der Waals surface area contributed by atoms with Gasteiger partial charge in [0, 0.05) is 31.9 Å². The molecule has 2 heterocycles. The van der Waals surface area contributed by atoms with Crippen LogP contribution in [-0.4, -0.2) is 40.5 Å². The van der Waals surface area contributed by atoms with Crippen molar-refractivity contribution in [3.8, 4) is 0 Å². The topological polar surface area (TPSA) is 88.0 Å². The molecule has 0 radical (unpaired) electrons. The number of hydrogen-bond acceptors (Lipinski definition) is 4. The number of carbonyl (C=O) groups excluding carboxylic acids is 2. The lowest BCUT2D eigenvalue weighted by Crippen LogP contribution is -2.32. The predicted octanol–water partition coefficient (Wildman–Crippen LogP) is 2.46. The van der Waals surface area contributed by atoms with E-state index in [2.05, 4.69) is 36.9 Å². The van der Waals surface area contributed by atoms with E-state index in [0.29, 0.717) is 32.7 Å². The third-order valence-electron chi connectivity index (χ3n) is 5.00. The van der Waals surface area contributed by atoms with Gasteiger partial charge in [0.1, 0.15) is 4.60 Å². The van der Waals surface area contributed by atoms with Crippen LogP contribution >= 0.6 is 39.9 Å². The van der Waals surface area contributed by atoms with E-state index < -0.39 is 0 Å². The molecule has 2 unspecified atom stereocenters. The van der Waals surface area contributed by atoms with Gasteiger partial charge in [-0.3, -0.25) is 9.59 Å². The number of nitrogens with one attached hydrogen (secondary N) is 3. The van der Waals surface area contributed by atoms with Crippen LogP contribution in [0, 0.1) is 11.8 Å². The van der Waals surface area contributed by atoms with Crippen LogP contribution in [-0.2, 0) is 7.05 Å². The van der Waals surface area contributed by atoms with Crippen LogP contribution in [0.2, 0.25) is 5.02 Å². The Morgan fingerprint density at radius 3 is 2.59 bits per heavy atom. The molecule has 2 fully saturated rings. The molecular formula is C17H18BrCl2N5O2. The lowest BCUT2D eigenvalue weighted by Gasteiger charge is -2.11. The fraction of sp³-hybridized carbons (Fsp3) is 0.353. The molecule has 10 heteroatoms. The first-order chi connectivity index (χ1) is 12.5. The zero-order valence-electron chi connectivity index (χ0n) is 14.3. The van der Waals surface area contributed by atoms with Crippen molar-refractivity contribution in [2.45, 2.75) is 6.04 Å². The summed E-state index contributed by atoms with van der Waals surface area (Å²) in [6.45, 7) is 1.91. The van der Waals surface area contributed by atoms with Crippen molar-refractivity contribution in [3.63, 3.8) is 0 Å². The minimum absolute atomic E-state index is 0. The first-order valence-electron chi connectivity index (χ1n) is 8.25. The molecule has 144 valence electrons. The van der Waals surface area contributed by atoms with Crippen LogP contribution in [0.5, 0.6) is 0 Å². The molecule has 4 rings (SSSR count). The highest BCUT2D eigenvalue weighted by Crippen LogP contribution is 2.41. The average Bonchev–Trinajstić information content (AvgIpc) is 2.94. The number of rotatable bonds is 4. The van der Waals surface area contributed by atoms with Crippen molar-refractivity contribution >= 4 is 57.4 Å². The van der Waals surface area contributed by atoms with E-state index in [0.717, 1.165) is 13.1 Å². The van der Waals surface area contributed by atoms with Gasteiger partial charge in [0.2, 0.25) is 0 Å². The van der Waals surface area contributed by atoms with Crippen LogP contribution < -0.4 is 16.0 Å². The number of amides is 2. The lowest BCUT2D eigenvalue weighted by molar-refractivity contribution is 0.0946. The maximum atomic E-state index is 12.4. The van der Waals surface area contributed by atoms with Gasteiger partial charge in [0.15, 0.2) is 5.82 Å². The van der Waals surface area contributed by atoms with Gasteiger partial charge in [-0.05, 0) is 46.0 Å². The summed E-state index contributed by atoms with van der Waals surface area (Å²) in [6, 6.07) is 5.09. The fourth-order valence-electron chi connectivity index (χ4n) is 3.43. The molecule has 2 atom stereocenters. The number of carbonyl (C=O) groups is 2.